The molecular formula is C17H14O3. The lowest BCUT2D eigenvalue weighted by Crippen LogP contribution is -2.03. The fourth-order valence-corrected chi connectivity index (χ4v) is 1.80. The molecule has 0 aliphatic rings. The first kappa shape index (κ1) is 13.7. The number of carbonyl (C=O) groups is 2. The third-order valence-electron chi connectivity index (χ3n) is 2.84. The predicted molar refractivity (Wildman–Crippen MR) is 77.6 cm³/mol. The summed E-state index contributed by atoms with van der Waals surface area (Å²) in [5.41, 5.74) is 1.70. The van der Waals surface area contributed by atoms with Crippen molar-refractivity contribution in [3.8, 4) is 0 Å². The van der Waals surface area contributed by atoms with Crippen molar-refractivity contribution in [1.29, 1.82) is 0 Å². The molecule has 2 aromatic rings. The van der Waals surface area contributed by atoms with Crippen LogP contribution in [0.2, 0.25) is 0 Å². The highest BCUT2D eigenvalue weighted by Gasteiger charge is 2.09. The molecule has 0 radical (unpaired) electrons. The fourth-order valence-electron chi connectivity index (χ4n) is 1.80. The molecular weight excluding hydrogens is 252 g/mol. The van der Waals surface area contributed by atoms with Gasteiger partial charge in [-0.2, -0.15) is 0 Å². The highest BCUT2D eigenvalue weighted by molar-refractivity contribution is 6.07. The highest BCUT2D eigenvalue weighted by atomic mass is 16.5. The molecule has 0 aliphatic carbocycles. The smallest absolute Gasteiger partial charge is 0.338 e. The normalized spacial score (nSPS) is 10.4. The van der Waals surface area contributed by atoms with Crippen molar-refractivity contribution in [1.82, 2.24) is 0 Å². The minimum Gasteiger partial charge on any atom is -0.465 e. The van der Waals surface area contributed by atoms with Crippen molar-refractivity contribution >= 4 is 17.8 Å². The summed E-state index contributed by atoms with van der Waals surface area (Å²) in [6.45, 7) is 0. The molecule has 0 atom stereocenters. The molecule has 0 N–H and O–H groups in total. The van der Waals surface area contributed by atoms with Gasteiger partial charge in [-0.25, -0.2) is 4.79 Å². The zero-order valence-electron chi connectivity index (χ0n) is 11.1. The van der Waals surface area contributed by atoms with Crippen molar-refractivity contribution in [2.75, 3.05) is 7.11 Å². The standard InChI is InChI=1S/C17H14O3/c1-20-17(19)15-10-6-5-7-13(15)11-12-16(18)14-8-3-2-4-9-14/h2-12H,1H3/b12-11+. The zero-order chi connectivity index (χ0) is 14.4. The van der Waals surface area contributed by atoms with Crippen LogP contribution in [0, 0.1) is 0 Å². The van der Waals surface area contributed by atoms with E-state index < -0.39 is 5.97 Å². The van der Waals surface area contributed by atoms with Gasteiger partial charge in [0.25, 0.3) is 0 Å². The minimum atomic E-state index is -0.419. The lowest BCUT2D eigenvalue weighted by atomic mass is 10.1. The van der Waals surface area contributed by atoms with Gasteiger partial charge < -0.3 is 4.74 Å². The lowest BCUT2D eigenvalue weighted by Gasteiger charge is -2.03. The molecule has 2 rings (SSSR count). The van der Waals surface area contributed by atoms with E-state index in [-0.39, 0.29) is 5.78 Å². The summed E-state index contributed by atoms with van der Waals surface area (Å²) in [7, 11) is 1.33. The Kier molecular flexibility index (Phi) is 4.45. The van der Waals surface area contributed by atoms with Crippen LogP contribution in [0.15, 0.2) is 60.7 Å². The van der Waals surface area contributed by atoms with Gasteiger partial charge in [-0.15, -0.1) is 0 Å². The van der Waals surface area contributed by atoms with Gasteiger partial charge in [0.2, 0.25) is 0 Å². The quantitative estimate of drug-likeness (QED) is 0.484. The summed E-state index contributed by atoms with van der Waals surface area (Å²) in [5, 5.41) is 0. The van der Waals surface area contributed by atoms with Crippen molar-refractivity contribution in [2.45, 2.75) is 0 Å². The highest BCUT2D eigenvalue weighted by Crippen LogP contribution is 2.13. The second-order valence-corrected chi connectivity index (χ2v) is 4.14. The molecule has 100 valence electrons. The van der Waals surface area contributed by atoms with Crippen LogP contribution in [0.25, 0.3) is 6.08 Å². The number of hydrogen-bond acceptors (Lipinski definition) is 3. The van der Waals surface area contributed by atoms with Gasteiger partial charge in [-0.1, -0.05) is 54.6 Å². The maximum atomic E-state index is 12.0. The molecule has 0 saturated heterocycles. The average Bonchev–Trinajstić information content (AvgIpc) is 2.53. The number of methoxy groups -OCH3 is 1. The molecule has 0 heterocycles. The summed E-state index contributed by atoms with van der Waals surface area (Å²) >= 11 is 0. The summed E-state index contributed by atoms with van der Waals surface area (Å²) in [6, 6.07) is 16.0. The Hall–Kier alpha value is -2.68. The van der Waals surface area contributed by atoms with E-state index in [0.29, 0.717) is 16.7 Å². The molecule has 0 spiro atoms. The number of allylic oxidation sites excluding steroid dienone is 1. The molecule has 0 saturated carbocycles. The Labute approximate surface area is 117 Å². The number of hydrogen-bond donors (Lipinski definition) is 0. The van der Waals surface area contributed by atoms with Crippen molar-refractivity contribution in [3.63, 3.8) is 0 Å². The Morgan fingerprint density at radius 2 is 1.60 bits per heavy atom. The van der Waals surface area contributed by atoms with Crippen LogP contribution in [0.3, 0.4) is 0 Å². The van der Waals surface area contributed by atoms with Crippen molar-refractivity contribution in [2.24, 2.45) is 0 Å². The van der Waals surface area contributed by atoms with Gasteiger partial charge in [0.15, 0.2) is 5.78 Å². The van der Waals surface area contributed by atoms with Crippen LogP contribution in [0.4, 0.5) is 0 Å². The monoisotopic (exact) mass is 266 g/mol. The van der Waals surface area contributed by atoms with E-state index in [1.165, 1.54) is 13.2 Å². The van der Waals surface area contributed by atoms with Crippen LogP contribution >= 0.6 is 0 Å². The first-order valence-corrected chi connectivity index (χ1v) is 6.17. The molecule has 3 nitrogen and oxygen atoms in total. The summed E-state index contributed by atoms with van der Waals surface area (Å²) in [6.07, 6.45) is 3.08. The molecule has 0 aliphatic heterocycles. The molecule has 20 heavy (non-hydrogen) atoms. The van der Waals surface area contributed by atoms with Crippen LogP contribution in [-0.2, 0) is 4.74 Å². The van der Waals surface area contributed by atoms with Crippen LogP contribution < -0.4 is 0 Å². The number of rotatable bonds is 4. The number of ketones is 1. The van der Waals surface area contributed by atoms with E-state index in [4.69, 9.17) is 4.74 Å². The largest absolute Gasteiger partial charge is 0.465 e. The maximum absolute atomic E-state index is 12.0. The van der Waals surface area contributed by atoms with E-state index in [2.05, 4.69) is 0 Å². The van der Waals surface area contributed by atoms with Crippen molar-refractivity contribution < 1.29 is 14.3 Å². The number of benzene rings is 2. The first-order valence-electron chi connectivity index (χ1n) is 6.17. The van der Waals surface area contributed by atoms with Gasteiger partial charge in [-0.3, -0.25) is 4.79 Å². The second-order valence-electron chi connectivity index (χ2n) is 4.14. The van der Waals surface area contributed by atoms with Gasteiger partial charge in [0.05, 0.1) is 12.7 Å². The van der Waals surface area contributed by atoms with Gasteiger partial charge >= 0.3 is 5.97 Å². The first-order chi connectivity index (χ1) is 9.72. The van der Waals surface area contributed by atoms with E-state index in [9.17, 15) is 9.59 Å². The number of esters is 1. The summed E-state index contributed by atoms with van der Waals surface area (Å²) in [4.78, 5) is 23.6. The Morgan fingerprint density at radius 3 is 2.30 bits per heavy atom. The molecule has 2 aromatic carbocycles. The Bertz CT molecular complexity index is 642. The van der Waals surface area contributed by atoms with Crippen molar-refractivity contribution in [3.05, 3.63) is 77.4 Å². The number of carbonyl (C=O) groups excluding carboxylic acids is 2. The van der Waals surface area contributed by atoms with E-state index in [0.717, 1.165) is 0 Å². The molecule has 0 unspecified atom stereocenters. The molecule has 0 aromatic heterocycles. The lowest BCUT2D eigenvalue weighted by molar-refractivity contribution is 0.0600. The van der Waals surface area contributed by atoms with Crippen LogP contribution in [0.1, 0.15) is 26.3 Å². The topological polar surface area (TPSA) is 43.4 Å². The second kappa shape index (κ2) is 6.48. The van der Waals surface area contributed by atoms with Gasteiger partial charge in [0, 0.05) is 5.56 Å². The van der Waals surface area contributed by atoms with Gasteiger partial charge in [0.1, 0.15) is 0 Å². The molecule has 3 heteroatoms. The molecule has 0 bridgehead atoms. The molecule has 0 fully saturated rings. The van der Waals surface area contributed by atoms with Crippen LogP contribution in [0.5, 0.6) is 0 Å². The van der Waals surface area contributed by atoms with E-state index in [1.54, 1.807) is 42.5 Å². The third-order valence-corrected chi connectivity index (χ3v) is 2.84. The zero-order valence-corrected chi connectivity index (χ0v) is 11.1. The number of ether oxygens (including phenoxy) is 1. The summed E-state index contributed by atoms with van der Waals surface area (Å²) in [5.74, 6) is -0.525. The van der Waals surface area contributed by atoms with E-state index in [1.807, 2.05) is 18.2 Å². The Morgan fingerprint density at radius 1 is 0.950 bits per heavy atom. The maximum Gasteiger partial charge on any atom is 0.338 e. The predicted octanol–water partition coefficient (Wildman–Crippen LogP) is 3.37. The fraction of sp³-hybridized carbons (Fsp3) is 0.0588. The van der Waals surface area contributed by atoms with Gasteiger partial charge in [-0.05, 0) is 17.7 Å². The minimum absolute atomic E-state index is 0.106. The molecule has 0 amide bonds. The van der Waals surface area contributed by atoms with E-state index >= 15 is 0 Å². The third kappa shape index (κ3) is 3.20. The summed E-state index contributed by atoms with van der Waals surface area (Å²) < 4.78 is 4.71. The van der Waals surface area contributed by atoms with Crippen LogP contribution in [-0.4, -0.2) is 18.9 Å². The Balaban J connectivity index is 2.24. The SMILES string of the molecule is COC(=O)c1ccccc1/C=C/C(=O)c1ccccc1. The average molecular weight is 266 g/mol.